The van der Waals surface area contributed by atoms with Crippen LogP contribution in [-0.2, 0) is 0 Å². The number of aromatic nitrogens is 4. The number of aryl methyl sites for hydroxylation is 1. The Morgan fingerprint density at radius 1 is 1.41 bits per heavy atom. The Morgan fingerprint density at radius 3 is 2.76 bits per heavy atom. The number of carbonyl (C=O) groups is 1. The Hall–Kier alpha value is -1.89. The van der Waals surface area contributed by atoms with Crippen molar-refractivity contribution in [2.24, 2.45) is 0 Å². The highest BCUT2D eigenvalue weighted by Gasteiger charge is 2.19. The van der Waals surface area contributed by atoms with Crippen molar-refractivity contribution in [2.45, 2.75) is 24.0 Å². The second-order valence-corrected chi connectivity index (χ2v) is 4.37. The van der Waals surface area contributed by atoms with Crippen molar-refractivity contribution >= 4 is 17.7 Å². The quantitative estimate of drug-likeness (QED) is 0.860. The maximum atomic E-state index is 11.2. The lowest BCUT2D eigenvalue weighted by Gasteiger charge is -2.07. The Balaban J connectivity index is 2.47. The maximum absolute atomic E-state index is 11.2. The average molecular weight is 250 g/mol. The first-order valence-corrected chi connectivity index (χ1v) is 5.65. The summed E-state index contributed by atoms with van der Waals surface area (Å²) in [4.78, 5) is 18.1. The van der Waals surface area contributed by atoms with Crippen molar-refractivity contribution in [1.29, 1.82) is 0 Å². The molecule has 2 aromatic heterocycles. The van der Waals surface area contributed by atoms with Gasteiger partial charge in [-0.2, -0.15) is 5.10 Å². The van der Waals surface area contributed by atoms with Gasteiger partial charge in [0.1, 0.15) is 5.03 Å². The fraction of sp³-hybridized carbons (Fsp3) is 0.200. The normalized spacial score (nSPS) is 10.5. The van der Waals surface area contributed by atoms with Crippen molar-refractivity contribution < 1.29 is 9.90 Å². The molecule has 6 nitrogen and oxygen atoms in total. The second kappa shape index (κ2) is 4.54. The van der Waals surface area contributed by atoms with Crippen LogP contribution in [0.1, 0.15) is 21.6 Å². The molecule has 7 heteroatoms. The fourth-order valence-corrected chi connectivity index (χ4v) is 2.16. The van der Waals surface area contributed by atoms with E-state index in [1.54, 1.807) is 26.2 Å². The number of carboxylic acid groups (broad SMARTS) is 1. The largest absolute Gasteiger partial charge is 0.478 e. The van der Waals surface area contributed by atoms with Crippen molar-refractivity contribution in [3.8, 4) is 0 Å². The van der Waals surface area contributed by atoms with Gasteiger partial charge in [-0.25, -0.2) is 9.78 Å². The van der Waals surface area contributed by atoms with Gasteiger partial charge in [0.2, 0.25) is 0 Å². The summed E-state index contributed by atoms with van der Waals surface area (Å²) in [5.41, 5.74) is 1.42. The predicted octanol–water partition coefficient (Wildman–Crippen LogP) is 1.67. The van der Waals surface area contributed by atoms with Crippen LogP contribution in [0.5, 0.6) is 0 Å². The third kappa shape index (κ3) is 2.28. The highest BCUT2D eigenvalue weighted by Crippen LogP contribution is 2.27. The monoisotopic (exact) mass is 250 g/mol. The molecule has 0 aliphatic carbocycles. The molecule has 2 rings (SSSR count). The van der Waals surface area contributed by atoms with Gasteiger partial charge in [-0.3, -0.25) is 0 Å². The number of nitrogens with zero attached hydrogens (tertiary/aromatic N) is 3. The van der Waals surface area contributed by atoms with E-state index in [0.717, 1.165) is 11.8 Å². The van der Waals surface area contributed by atoms with E-state index in [1.165, 1.54) is 0 Å². The van der Waals surface area contributed by atoms with Gasteiger partial charge in [0.25, 0.3) is 0 Å². The van der Waals surface area contributed by atoms with E-state index in [2.05, 4.69) is 20.2 Å². The van der Waals surface area contributed by atoms with Gasteiger partial charge in [-0.15, -0.1) is 5.10 Å². The lowest BCUT2D eigenvalue weighted by Crippen LogP contribution is -2.08. The summed E-state index contributed by atoms with van der Waals surface area (Å²) in [7, 11) is 0. The van der Waals surface area contributed by atoms with Crippen LogP contribution in [0.4, 0.5) is 0 Å². The highest BCUT2D eigenvalue weighted by atomic mass is 32.2. The smallest absolute Gasteiger partial charge is 0.338 e. The van der Waals surface area contributed by atoms with E-state index >= 15 is 0 Å². The number of rotatable bonds is 3. The molecule has 2 N–H and O–H groups in total. The van der Waals surface area contributed by atoms with Crippen molar-refractivity contribution in [3.63, 3.8) is 0 Å². The van der Waals surface area contributed by atoms with E-state index in [0.29, 0.717) is 21.4 Å². The molecule has 0 atom stereocenters. The first kappa shape index (κ1) is 11.6. The molecule has 0 fully saturated rings. The summed E-state index contributed by atoms with van der Waals surface area (Å²) in [6.07, 6.45) is 3.26. The lowest BCUT2D eigenvalue weighted by molar-refractivity contribution is 0.0690. The van der Waals surface area contributed by atoms with Crippen molar-refractivity contribution in [2.75, 3.05) is 0 Å². The molecule has 0 aliphatic rings. The number of hydrogen-bond donors (Lipinski definition) is 2. The van der Waals surface area contributed by atoms with Crippen LogP contribution in [-0.4, -0.2) is 31.2 Å². The van der Waals surface area contributed by atoms with Gasteiger partial charge in [0, 0.05) is 12.4 Å². The Morgan fingerprint density at radius 2 is 2.18 bits per heavy atom. The molecule has 0 radical (unpaired) electrons. The summed E-state index contributed by atoms with van der Waals surface area (Å²) < 4.78 is 0. The average Bonchev–Trinajstić information content (AvgIpc) is 2.76. The molecule has 2 aromatic rings. The molecule has 0 aromatic carbocycles. The molecule has 0 saturated carbocycles. The third-order valence-electron chi connectivity index (χ3n) is 2.30. The molecular formula is C10H10N4O2S. The number of imidazole rings is 1. The minimum absolute atomic E-state index is 0.180. The van der Waals surface area contributed by atoms with Crippen molar-refractivity contribution in [3.05, 3.63) is 29.2 Å². The molecule has 2 heterocycles. The molecule has 17 heavy (non-hydrogen) atoms. The first-order valence-electron chi connectivity index (χ1n) is 4.84. The minimum atomic E-state index is -1.01. The molecule has 0 spiro atoms. The summed E-state index contributed by atoms with van der Waals surface area (Å²) in [5.74, 6) is -1.01. The number of carboxylic acids is 1. The highest BCUT2D eigenvalue weighted by molar-refractivity contribution is 7.99. The van der Waals surface area contributed by atoms with Gasteiger partial charge in [-0.05, 0) is 31.2 Å². The molecular weight excluding hydrogens is 240 g/mol. The van der Waals surface area contributed by atoms with Gasteiger partial charge >= 0.3 is 5.97 Å². The first-order chi connectivity index (χ1) is 8.09. The van der Waals surface area contributed by atoms with E-state index in [4.69, 9.17) is 0 Å². The van der Waals surface area contributed by atoms with Crippen LogP contribution < -0.4 is 0 Å². The van der Waals surface area contributed by atoms with E-state index in [1.807, 2.05) is 0 Å². The van der Waals surface area contributed by atoms with Gasteiger partial charge in [0.15, 0.2) is 5.16 Å². The number of hydrogen-bond acceptors (Lipinski definition) is 5. The standard InChI is InChI=1S/C10H10N4O2S/c1-5-6(2)13-14-8(7(5)9(15)16)17-10-11-3-4-12-10/h3-4H,1-2H3,(H,11,12)(H,15,16). The van der Waals surface area contributed by atoms with Gasteiger partial charge < -0.3 is 10.1 Å². The van der Waals surface area contributed by atoms with E-state index < -0.39 is 5.97 Å². The zero-order valence-corrected chi connectivity index (χ0v) is 10.1. The SMILES string of the molecule is Cc1nnc(Sc2ncc[nH]2)c(C(=O)O)c1C. The minimum Gasteiger partial charge on any atom is -0.478 e. The molecule has 0 amide bonds. The van der Waals surface area contributed by atoms with Crippen LogP contribution in [0.2, 0.25) is 0 Å². The number of H-pyrrole nitrogens is 1. The zero-order valence-electron chi connectivity index (χ0n) is 9.26. The summed E-state index contributed by atoms with van der Waals surface area (Å²) >= 11 is 1.15. The summed E-state index contributed by atoms with van der Waals surface area (Å²) in [6.45, 7) is 3.45. The van der Waals surface area contributed by atoms with Crippen LogP contribution in [0, 0.1) is 13.8 Å². The van der Waals surface area contributed by atoms with Crippen LogP contribution in [0.15, 0.2) is 22.6 Å². The van der Waals surface area contributed by atoms with Gasteiger partial charge in [-0.1, -0.05) is 0 Å². The molecule has 0 aliphatic heterocycles. The Labute approximate surface area is 101 Å². The van der Waals surface area contributed by atoms with E-state index in [9.17, 15) is 9.90 Å². The number of aromatic carboxylic acids is 1. The molecule has 0 unspecified atom stereocenters. The lowest BCUT2D eigenvalue weighted by atomic mass is 10.1. The Kier molecular flexibility index (Phi) is 3.10. The maximum Gasteiger partial charge on any atom is 0.338 e. The third-order valence-corrected chi connectivity index (χ3v) is 3.20. The summed E-state index contributed by atoms with van der Waals surface area (Å²) in [6, 6.07) is 0. The molecule has 88 valence electrons. The summed E-state index contributed by atoms with van der Waals surface area (Å²) in [5, 5.41) is 18.0. The topological polar surface area (TPSA) is 91.8 Å². The van der Waals surface area contributed by atoms with Crippen molar-refractivity contribution in [1.82, 2.24) is 20.2 Å². The Bertz CT molecular complexity index is 554. The molecule has 0 saturated heterocycles. The van der Waals surface area contributed by atoms with Crippen LogP contribution in [0.25, 0.3) is 0 Å². The molecule has 0 bridgehead atoms. The van der Waals surface area contributed by atoms with E-state index in [-0.39, 0.29) is 5.56 Å². The number of nitrogens with one attached hydrogen (secondary N) is 1. The zero-order chi connectivity index (χ0) is 12.4. The van der Waals surface area contributed by atoms with Crippen LogP contribution in [0.3, 0.4) is 0 Å². The van der Waals surface area contributed by atoms with Gasteiger partial charge in [0.05, 0.1) is 11.3 Å². The predicted molar refractivity (Wildman–Crippen MR) is 61.2 cm³/mol. The second-order valence-electron chi connectivity index (χ2n) is 3.39. The van der Waals surface area contributed by atoms with Crippen LogP contribution >= 0.6 is 11.8 Å². The number of aromatic amines is 1. The fourth-order valence-electron chi connectivity index (χ4n) is 1.31.